The summed E-state index contributed by atoms with van der Waals surface area (Å²) in [7, 11) is 0. The van der Waals surface area contributed by atoms with Gasteiger partial charge in [0.1, 0.15) is 5.82 Å². The number of piperidine rings is 1. The number of likely N-dealkylation sites (tertiary alicyclic amines) is 1. The second-order valence-corrected chi connectivity index (χ2v) is 9.53. The topological polar surface area (TPSA) is 122 Å². The number of aromatic nitrogens is 2. The maximum absolute atomic E-state index is 14.0. The number of fused-ring (bicyclic) bond motifs is 3. The standard InChI is InChI=1S/C25H30N6O5/c1-2-36-25(33)17-4-3-9-29(15-17)24(32)20-13-18-12-19(31(34)35)5-6-21(18)30-11-10-28(16-22(20)30)23-14-26-7-8-27-23/h5-8,12,14,17,20,22H,2-4,9-11,13,15-16H2,1H3/t17-,20-,22+/m1/s1. The van der Waals surface area contributed by atoms with Crippen molar-refractivity contribution in [3.8, 4) is 0 Å². The number of hydrogen-bond donors (Lipinski definition) is 0. The van der Waals surface area contributed by atoms with Crippen LogP contribution >= 0.6 is 0 Å². The van der Waals surface area contributed by atoms with Crippen molar-refractivity contribution in [1.82, 2.24) is 14.9 Å². The maximum Gasteiger partial charge on any atom is 0.310 e. The van der Waals surface area contributed by atoms with Crippen molar-refractivity contribution >= 4 is 29.1 Å². The smallest absolute Gasteiger partial charge is 0.310 e. The zero-order valence-corrected chi connectivity index (χ0v) is 20.3. The molecule has 4 heterocycles. The largest absolute Gasteiger partial charge is 0.466 e. The van der Waals surface area contributed by atoms with Crippen molar-refractivity contribution in [2.75, 3.05) is 49.1 Å². The Morgan fingerprint density at radius 2 is 2.06 bits per heavy atom. The van der Waals surface area contributed by atoms with Crippen LogP contribution in [0.4, 0.5) is 17.2 Å². The lowest BCUT2D eigenvalue weighted by atomic mass is 9.82. The lowest BCUT2D eigenvalue weighted by molar-refractivity contribution is -0.384. The summed E-state index contributed by atoms with van der Waals surface area (Å²) in [4.78, 5) is 52.2. The molecule has 3 aliphatic heterocycles. The van der Waals surface area contributed by atoms with Gasteiger partial charge < -0.3 is 19.4 Å². The number of hydrogen-bond acceptors (Lipinski definition) is 9. The highest BCUT2D eigenvalue weighted by molar-refractivity contribution is 5.84. The molecule has 0 radical (unpaired) electrons. The Kier molecular flexibility index (Phi) is 6.71. The molecule has 11 nitrogen and oxygen atoms in total. The summed E-state index contributed by atoms with van der Waals surface area (Å²) in [5.74, 6) is -0.235. The van der Waals surface area contributed by atoms with Gasteiger partial charge in [0.2, 0.25) is 5.91 Å². The number of nitro benzene ring substituents is 1. The van der Waals surface area contributed by atoms with Crippen LogP contribution in [0.5, 0.6) is 0 Å². The summed E-state index contributed by atoms with van der Waals surface area (Å²) >= 11 is 0. The van der Waals surface area contributed by atoms with Gasteiger partial charge in [0.05, 0.1) is 35.6 Å². The van der Waals surface area contributed by atoms with Crippen LogP contribution in [0.15, 0.2) is 36.8 Å². The Hall–Kier alpha value is -3.76. The van der Waals surface area contributed by atoms with Crippen LogP contribution in [0.25, 0.3) is 0 Å². The molecule has 190 valence electrons. The highest BCUT2D eigenvalue weighted by atomic mass is 16.6. The monoisotopic (exact) mass is 494 g/mol. The summed E-state index contributed by atoms with van der Waals surface area (Å²) in [6, 6.07) is 4.79. The van der Waals surface area contributed by atoms with E-state index in [1.54, 1.807) is 42.5 Å². The SMILES string of the molecule is CCOC(=O)[C@@H]1CCCN(C(=O)[C@@H]2Cc3cc([N+](=O)[O-])ccc3N3CCN(c4cnccn4)C[C@@H]23)C1. The first kappa shape index (κ1) is 24.0. The van der Waals surface area contributed by atoms with Crippen molar-refractivity contribution in [2.45, 2.75) is 32.2 Å². The highest BCUT2D eigenvalue weighted by Gasteiger charge is 2.44. The van der Waals surface area contributed by atoms with E-state index in [1.807, 2.05) is 0 Å². The van der Waals surface area contributed by atoms with E-state index in [4.69, 9.17) is 4.74 Å². The minimum atomic E-state index is -0.403. The molecule has 11 heteroatoms. The molecule has 1 amide bonds. The molecule has 2 fully saturated rings. The minimum Gasteiger partial charge on any atom is -0.466 e. The number of piperazine rings is 1. The number of nitro groups is 1. The number of ether oxygens (including phenoxy) is 1. The van der Waals surface area contributed by atoms with Crippen LogP contribution in [-0.2, 0) is 20.7 Å². The second kappa shape index (κ2) is 10.1. The van der Waals surface area contributed by atoms with Crippen molar-refractivity contribution in [2.24, 2.45) is 11.8 Å². The maximum atomic E-state index is 14.0. The molecule has 36 heavy (non-hydrogen) atoms. The quantitative estimate of drug-likeness (QED) is 0.349. The number of non-ortho nitro benzene ring substituents is 1. The predicted octanol–water partition coefficient (Wildman–Crippen LogP) is 2.05. The van der Waals surface area contributed by atoms with Gasteiger partial charge in [-0.05, 0) is 37.8 Å². The van der Waals surface area contributed by atoms with Gasteiger partial charge in [-0.3, -0.25) is 24.7 Å². The Bertz CT molecular complexity index is 1150. The molecule has 1 aromatic carbocycles. The van der Waals surface area contributed by atoms with Gasteiger partial charge in [-0.15, -0.1) is 0 Å². The van der Waals surface area contributed by atoms with Crippen LogP contribution in [0.2, 0.25) is 0 Å². The van der Waals surface area contributed by atoms with E-state index >= 15 is 0 Å². The zero-order valence-electron chi connectivity index (χ0n) is 20.3. The predicted molar refractivity (Wildman–Crippen MR) is 132 cm³/mol. The number of carbonyl (C=O) groups excluding carboxylic acids is 2. The molecule has 0 aliphatic carbocycles. The number of carbonyl (C=O) groups is 2. The lowest BCUT2D eigenvalue weighted by Crippen LogP contribution is -2.62. The first-order chi connectivity index (χ1) is 17.5. The van der Waals surface area contributed by atoms with Gasteiger partial charge in [0, 0.05) is 62.9 Å². The van der Waals surface area contributed by atoms with E-state index in [0.717, 1.165) is 23.5 Å². The summed E-state index contributed by atoms with van der Waals surface area (Å²) < 4.78 is 5.22. The highest BCUT2D eigenvalue weighted by Crippen LogP contribution is 2.39. The van der Waals surface area contributed by atoms with E-state index < -0.39 is 10.8 Å². The summed E-state index contributed by atoms with van der Waals surface area (Å²) in [6.45, 7) is 4.97. The lowest BCUT2D eigenvalue weighted by Gasteiger charge is -2.50. The number of anilines is 2. The average Bonchev–Trinajstić information content (AvgIpc) is 2.92. The van der Waals surface area contributed by atoms with Crippen LogP contribution in [-0.4, -0.2) is 77.0 Å². The fourth-order valence-electron chi connectivity index (χ4n) is 5.73. The molecular formula is C25H30N6O5. The van der Waals surface area contributed by atoms with Gasteiger partial charge in [-0.25, -0.2) is 4.98 Å². The van der Waals surface area contributed by atoms with E-state index in [-0.39, 0.29) is 29.5 Å². The molecule has 3 atom stereocenters. The fraction of sp³-hybridized carbons (Fsp3) is 0.520. The molecule has 0 unspecified atom stereocenters. The van der Waals surface area contributed by atoms with Gasteiger partial charge in [0.15, 0.2) is 0 Å². The molecule has 2 saturated heterocycles. The van der Waals surface area contributed by atoms with Crippen LogP contribution < -0.4 is 9.80 Å². The molecule has 3 aliphatic rings. The van der Waals surface area contributed by atoms with Crippen molar-refractivity contribution < 1.29 is 19.2 Å². The third-order valence-corrected chi connectivity index (χ3v) is 7.45. The van der Waals surface area contributed by atoms with Crippen molar-refractivity contribution in [1.29, 1.82) is 0 Å². The first-order valence-corrected chi connectivity index (χ1v) is 12.5. The average molecular weight is 495 g/mol. The number of nitrogens with zero attached hydrogens (tertiary/aromatic N) is 6. The summed E-state index contributed by atoms with van der Waals surface area (Å²) in [5.41, 5.74) is 1.78. The Balaban J connectivity index is 1.44. The van der Waals surface area contributed by atoms with Gasteiger partial charge in [-0.2, -0.15) is 0 Å². The van der Waals surface area contributed by atoms with Gasteiger partial charge in [0.25, 0.3) is 5.69 Å². The number of esters is 1. The van der Waals surface area contributed by atoms with E-state index in [2.05, 4.69) is 19.8 Å². The third-order valence-electron chi connectivity index (χ3n) is 7.45. The van der Waals surface area contributed by atoms with E-state index in [0.29, 0.717) is 52.2 Å². The van der Waals surface area contributed by atoms with Crippen LogP contribution in [0.3, 0.4) is 0 Å². The van der Waals surface area contributed by atoms with E-state index in [1.165, 1.54) is 6.07 Å². The zero-order chi connectivity index (χ0) is 25.2. The van der Waals surface area contributed by atoms with Crippen molar-refractivity contribution in [3.63, 3.8) is 0 Å². The van der Waals surface area contributed by atoms with Gasteiger partial charge >= 0.3 is 5.97 Å². The fourth-order valence-corrected chi connectivity index (χ4v) is 5.73. The molecule has 0 bridgehead atoms. The number of amides is 1. The molecule has 0 N–H and O–H groups in total. The molecule has 0 spiro atoms. The summed E-state index contributed by atoms with van der Waals surface area (Å²) in [5, 5.41) is 11.4. The Morgan fingerprint density at radius 3 is 2.81 bits per heavy atom. The number of benzene rings is 1. The Labute approximate surface area is 209 Å². The van der Waals surface area contributed by atoms with Gasteiger partial charge in [-0.1, -0.05) is 0 Å². The summed E-state index contributed by atoms with van der Waals surface area (Å²) in [6.07, 6.45) is 6.87. The third kappa shape index (κ3) is 4.57. The normalized spacial score (nSPS) is 23.5. The Morgan fingerprint density at radius 1 is 1.19 bits per heavy atom. The molecule has 0 saturated carbocycles. The molecule has 5 rings (SSSR count). The second-order valence-electron chi connectivity index (χ2n) is 9.53. The molecule has 2 aromatic rings. The number of rotatable bonds is 5. The van der Waals surface area contributed by atoms with Crippen molar-refractivity contribution in [3.05, 3.63) is 52.5 Å². The van der Waals surface area contributed by atoms with Crippen LogP contribution in [0.1, 0.15) is 25.3 Å². The van der Waals surface area contributed by atoms with Crippen LogP contribution in [0, 0.1) is 22.0 Å². The van der Waals surface area contributed by atoms with E-state index in [9.17, 15) is 19.7 Å². The minimum absolute atomic E-state index is 0.0165. The first-order valence-electron chi connectivity index (χ1n) is 12.5. The molecule has 1 aromatic heterocycles. The molecular weight excluding hydrogens is 464 g/mol.